The summed E-state index contributed by atoms with van der Waals surface area (Å²) in [6.07, 6.45) is 8.36. The van der Waals surface area contributed by atoms with Gasteiger partial charge in [0, 0.05) is 13.6 Å². The largest absolute Gasteiger partial charge is 0.369 e. The molecular formula is C12H19ClN4. The highest BCUT2D eigenvalue weighted by molar-refractivity contribution is 6.32. The van der Waals surface area contributed by atoms with Crippen molar-refractivity contribution in [2.75, 3.05) is 24.2 Å². The summed E-state index contributed by atoms with van der Waals surface area (Å²) in [7, 11) is 1.80. The van der Waals surface area contributed by atoms with Crippen LogP contribution in [-0.4, -0.2) is 23.6 Å². The number of aromatic nitrogens is 2. The van der Waals surface area contributed by atoms with Gasteiger partial charge in [0.1, 0.15) is 10.8 Å². The Labute approximate surface area is 107 Å². The van der Waals surface area contributed by atoms with Gasteiger partial charge >= 0.3 is 0 Å². The SMILES string of the molecule is CNc1ncc(Cl)c(NCCC2CCCC2)n1. The molecule has 1 aromatic rings. The number of rotatable bonds is 5. The molecule has 5 heteroatoms. The average molecular weight is 255 g/mol. The predicted octanol–water partition coefficient (Wildman–Crippen LogP) is 3.16. The number of anilines is 2. The lowest BCUT2D eigenvalue weighted by molar-refractivity contribution is 0.518. The molecule has 0 radical (unpaired) electrons. The predicted molar refractivity (Wildman–Crippen MR) is 71.7 cm³/mol. The lowest BCUT2D eigenvalue weighted by Crippen LogP contribution is -2.09. The van der Waals surface area contributed by atoms with Crippen LogP contribution in [0, 0.1) is 5.92 Å². The summed E-state index contributed by atoms with van der Waals surface area (Å²) in [4.78, 5) is 8.34. The summed E-state index contributed by atoms with van der Waals surface area (Å²) in [5.41, 5.74) is 0. The van der Waals surface area contributed by atoms with Gasteiger partial charge in [0.05, 0.1) is 6.20 Å². The second kappa shape index (κ2) is 6.05. The highest BCUT2D eigenvalue weighted by atomic mass is 35.5. The minimum absolute atomic E-state index is 0.579. The Bertz CT molecular complexity index is 364. The number of nitrogens with zero attached hydrogens (tertiary/aromatic N) is 2. The summed E-state index contributed by atoms with van der Waals surface area (Å²) in [5.74, 6) is 2.20. The van der Waals surface area contributed by atoms with E-state index in [1.165, 1.54) is 32.1 Å². The average Bonchev–Trinajstić information content (AvgIpc) is 2.84. The van der Waals surface area contributed by atoms with Crippen molar-refractivity contribution in [2.45, 2.75) is 32.1 Å². The molecule has 0 saturated heterocycles. The molecule has 2 rings (SSSR count). The van der Waals surface area contributed by atoms with Crippen LogP contribution in [-0.2, 0) is 0 Å². The molecule has 2 N–H and O–H groups in total. The van der Waals surface area contributed by atoms with Crippen molar-refractivity contribution < 1.29 is 0 Å². The molecule has 0 unspecified atom stereocenters. The Balaban J connectivity index is 1.84. The maximum Gasteiger partial charge on any atom is 0.224 e. The topological polar surface area (TPSA) is 49.8 Å². The molecule has 0 spiro atoms. The molecule has 1 aliphatic carbocycles. The zero-order valence-electron chi connectivity index (χ0n) is 10.2. The molecule has 1 heterocycles. The number of hydrogen-bond acceptors (Lipinski definition) is 4. The van der Waals surface area contributed by atoms with Crippen molar-refractivity contribution in [1.29, 1.82) is 0 Å². The van der Waals surface area contributed by atoms with Gasteiger partial charge in [-0.15, -0.1) is 0 Å². The number of hydrogen-bond donors (Lipinski definition) is 2. The Hall–Kier alpha value is -1.03. The van der Waals surface area contributed by atoms with E-state index in [1.807, 2.05) is 0 Å². The third-order valence-corrected chi connectivity index (χ3v) is 3.56. The van der Waals surface area contributed by atoms with Crippen molar-refractivity contribution >= 4 is 23.4 Å². The summed E-state index contributed by atoms with van der Waals surface area (Å²) in [5, 5.41) is 6.78. The first-order chi connectivity index (χ1) is 8.29. The Morgan fingerprint density at radius 1 is 1.41 bits per heavy atom. The molecule has 1 fully saturated rings. The quantitative estimate of drug-likeness (QED) is 0.848. The van der Waals surface area contributed by atoms with Gasteiger partial charge in [0.25, 0.3) is 0 Å². The second-order valence-electron chi connectivity index (χ2n) is 4.51. The Morgan fingerprint density at radius 2 is 2.18 bits per heavy atom. The summed E-state index contributed by atoms with van der Waals surface area (Å²) < 4.78 is 0. The minimum Gasteiger partial charge on any atom is -0.369 e. The highest BCUT2D eigenvalue weighted by Crippen LogP contribution is 2.27. The van der Waals surface area contributed by atoms with Gasteiger partial charge in [0.15, 0.2) is 0 Å². The van der Waals surface area contributed by atoms with Crippen LogP contribution in [0.4, 0.5) is 11.8 Å². The van der Waals surface area contributed by atoms with E-state index < -0.39 is 0 Å². The first-order valence-corrected chi connectivity index (χ1v) is 6.61. The van der Waals surface area contributed by atoms with Gasteiger partial charge in [-0.3, -0.25) is 0 Å². The van der Waals surface area contributed by atoms with E-state index in [4.69, 9.17) is 11.6 Å². The maximum absolute atomic E-state index is 6.03. The van der Waals surface area contributed by atoms with Crippen LogP contribution in [0.5, 0.6) is 0 Å². The molecule has 0 atom stereocenters. The minimum atomic E-state index is 0.579. The molecule has 0 aromatic carbocycles. The lowest BCUT2D eigenvalue weighted by atomic mass is 10.0. The fraction of sp³-hybridized carbons (Fsp3) is 0.667. The fourth-order valence-corrected chi connectivity index (χ4v) is 2.46. The normalized spacial score (nSPS) is 16.1. The fourth-order valence-electron chi connectivity index (χ4n) is 2.31. The van der Waals surface area contributed by atoms with Crippen LogP contribution < -0.4 is 10.6 Å². The van der Waals surface area contributed by atoms with E-state index in [9.17, 15) is 0 Å². The van der Waals surface area contributed by atoms with Gasteiger partial charge in [-0.1, -0.05) is 37.3 Å². The van der Waals surface area contributed by atoms with Crippen LogP contribution >= 0.6 is 11.6 Å². The molecule has 17 heavy (non-hydrogen) atoms. The van der Waals surface area contributed by atoms with Gasteiger partial charge in [0.2, 0.25) is 5.95 Å². The van der Waals surface area contributed by atoms with Crippen LogP contribution in [0.1, 0.15) is 32.1 Å². The lowest BCUT2D eigenvalue weighted by Gasteiger charge is -2.11. The van der Waals surface area contributed by atoms with Crippen LogP contribution in [0.15, 0.2) is 6.20 Å². The first kappa shape index (κ1) is 12.4. The van der Waals surface area contributed by atoms with Crippen molar-refractivity contribution in [1.82, 2.24) is 9.97 Å². The Morgan fingerprint density at radius 3 is 2.88 bits per heavy atom. The molecule has 1 aromatic heterocycles. The van der Waals surface area contributed by atoms with E-state index in [0.29, 0.717) is 11.0 Å². The van der Waals surface area contributed by atoms with Crippen molar-refractivity contribution in [3.63, 3.8) is 0 Å². The highest BCUT2D eigenvalue weighted by Gasteiger charge is 2.14. The van der Waals surface area contributed by atoms with Gasteiger partial charge in [-0.05, 0) is 12.3 Å². The zero-order valence-corrected chi connectivity index (χ0v) is 10.9. The van der Waals surface area contributed by atoms with Crippen LogP contribution in [0.25, 0.3) is 0 Å². The molecule has 1 saturated carbocycles. The molecular weight excluding hydrogens is 236 g/mol. The second-order valence-corrected chi connectivity index (χ2v) is 4.91. The summed E-state index contributed by atoms with van der Waals surface area (Å²) in [6.45, 7) is 0.935. The Kier molecular flexibility index (Phi) is 4.42. The summed E-state index contributed by atoms with van der Waals surface area (Å²) >= 11 is 6.03. The standard InChI is InChI=1S/C12H19ClN4/c1-14-12-16-8-10(13)11(17-12)15-7-6-9-4-2-3-5-9/h8-9H,2-7H2,1H3,(H2,14,15,16,17). The van der Waals surface area contributed by atoms with Crippen LogP contribution in [0.3, 0.4) is 0 Å². The first-order valence-electron chi connectivity index (χ1n) is 6.23. The molecule has 4 nitrogen and oxygen atoms in total. The number of nitrogens with one attached hydrogen (secondary N) is 2. The van der Waals surface area contributed by atoms with E-state index in [1.54, 1.807) is 13.2 Å². The van der Waals surface area contributed by atoms with Crippen molar-refractivity contribution in [3.8, 4) is 0 Å². The smallest absolute Gasteiger partial charge is 0.224 e. The van der Waals surface area contributed by atoms with E-state index in [2.05, 4.69) is 20.6 Å². The third-order valence-electron chi connectivity index (χ3n) is 3.29. The number of halogens is 1. The monoisotopic (exact) mass is 254 g/mol. The molecule has 94 valence electrons. The van der Waals surface area contributed by atoms with E-state index in [-0.39, 0.29) is 0 Å². The van der Waals surface area contributed by atoms with Crippen molar-refractivity contribution in [2.24, 2.45) is 5.92 Å². The van der Waals surface area contributed by atoms with Gasteiger partial charge in [-0.25, -0.2) is 4.98 Å². The molecule has 0 amide bonds. The van der Waals surface area contributed by atoms with E-state index in [0.717, 1.165) is 18.3 Å². The van der Waals surface area contributed by atoms with Gasteiger partial charge < -0.3 is 10.6 Å². The van der Waals surface area contributed by atoms with Crippen molar-refractivity contribution in [3.05, 3.63) is 11.2 Å². The molecule has 0 bridgehead atoms. The maximum atomic E-state index is 6.03. The summed E-state index contributed by atoms with van der Waals surface area (Å²) in [6, 6.07) is 0. The van der Waals surface area contributed by atoms with E-state index >= 15 is 0 Å². The molecule has 1 aliphatic rings. The zero-order chi connectivity index (χ0) is 12.1. The van der Waals surface area contributed by atoms with Gasteiger partial charge in [-0.2, -0.15) is 4.98 Å². The third kappa shape index (κ3) is 3.46. The molecule has 0 aliphatic heterocycles. The van der Waals surface area contributed by atoms with Crippen LogP contribution in [0.2, 0.25) is 5.02 Å².